The van der Waals surface area contributed by atoms with E-state index in [-0.39, 0.29) is 11.9 Å². The number of anilines is 1. The Balaban J connectivity index is 2.15. The van der Waals surface area contributed by atoms with Crippen molar-refractivity contribution in [3.63, 3.8) is 0 Å². The number of halogens is 2. The van der Waals surface area contributed by atoms with Crippen LogP contribution in [0.2, 0.25) is 0 Å². The van der Waals surface area contributed by atoms with E-state index in [4.69, 9.17) is 10.5 Å². The first-order valence-corrected chi connectivity index (χ1v) is 6.66. The zero-order valence-electron chi connectivity index (χ0n) is 9.70. The van der Waals surface area contributed by atoms with Crippen LogP contribution in [0.5, 0.6) is 0 Å². The molecule has 96 valence electrons. The second-order valence-corrected chi connectivity index (χ2v) is 5.29. The van der Waals surface area contributed by atoms with Crippen LogP contribution in [0.4, 0.5) is 10.3 Å². The molecule has 0 saturated carbocycles. The summed E-state index contributed by atoms with van der Waals surface area (Å²) in [7, 11) is 0. The van der Waals surface area contributed by atoms with Gasteiger partial charge in [0.2, 0.25) is 5.95 Å². The Hall–Kier alpha value is -1.14. The summed E-state index contributed by atoms with van der Waals surface area (Å²) in [5, 5.41) is 0. The Kier molecular flexibility index (Phi) is 2.99. The highest BCUT2D eigenvalue weighted by atomic mass is 79.9. The van der Waals surface area contributed by atoms with Gasteiger partial charge < -0.3 is 15.0 Å². The van der Waals surface area contributed by atoms with Crippen molar-refractivity contribution in [2.45, 2.75) is 18.9 Å². The molecule has 3 rings (SSSR count). The van der Waals surface area contributed by atoms with Gasteiger partial charge in [-0.25, -0.2) is 9.37 Å². The van der Waals surface area contributed by atoms with E-state index in [0.29, 0.717) is 15.9 Å². The van der Waals surface area contributed by atoms with E-state index < -0.39 is 0 Å². The minimum Gasteiger partial charge on any atom is -0.381 e. The zero-order chi connectivity index (χ0) is 12.7. The molecule has 2 heterocycles. The molecule has 0 atom stereocenters. The minimum atomic E-state index is -0.320. The fourth-order valence-corrected chi connectivity index (χ4v) is 2.77. The first kappa shape index (κ1) is 11.9. The molecule has 4 nitrogen and oxygen atoms in total. The van der Waals surface area contributed by atoms with Gasteiger partial charge in [-0.2, -0.15) is 0 Å². The van der Waals surface area contributed by atoms with Crippen LogP contribution in [-0.2, 0) is 4.74 Å². The Labute approximate surface area is 112 Å². The molecule has 0 radical (unpaired) electrons. The van der Waals surface area contributed by atoms with Crippen molar-refractivity contribution >= 4 is 32.9 Å². The molecule has 0 spiro atoms. The lowest BCUT2D eigenvalue weighted by atomic mass is 10.1. The lowest BCUT2D eigenvalue weighted by molar-refractivity contribution is 0.0711. The second-order valence-electron chi connectivity index (χ2n) is 4.44. The Morgan fingerprint density at radius 1 is 1.39 bits per heavy atom. The van der Waals surface area contributed by atoms with Gasteiger partial charge in [0.1, 0.15) is 5.82 Å². The number of imidazole rings is 1. The highest BCUT2D eigenvalue weighted by Gasteiger charge is 2.21. The number of aromatic nitrogens is 2. The van der Waals surface area contributed by atoms with E-state index >= 15 is 0 Å². The largest absolute Gasteiger partial charge is 0.381 e. The minimum absolute atomic E-state index is 0.279. The quantitative estimate of drug-likeness (QED) is 0.880. The molecule has 1 aliphatic heterocycles. The molecule has 1 fully saturated rings. The number of nitrogens with zero attached hydrogens (tertiary/aromatic N) is 2. The highest BCUT2D eigenvalue weighted by Crippen LogP contribution is 2.31. The number of ether oxygens (including phenoxy) is 1. The predicted molar refractivity (Wildman–Crippen MR) is 70.9 cm³/mol. The maximum Gasteiger partial charge on any atom is 0.201 e. The van der Waals surface area contributed by atoms with Gasteiger partial charge in [0.05, 0.1) is 15.5 Å². The number of rotatable bonds is 1. The fraction of sp³-hybridized carbons (Fsp3) is 0.417. The number of nitrogen functional groups attached to an aromatic ring is 1. The molecular weight excluding hydrogens is 301 g/mol. The van der Waals surface area contributed by atoms with Gasteiger partial charge in [-0.3, -0.25) is 0 Å². The third-order valence-corrected chi connectivity index (χ3v) is 3.92. The number of hydrogen-bond donors (Lipinski definition) is 1. The maximum atomic E-state index is 13.5. The lowest BCUT2D eigenvalue weighted by Gasteiger charge is -2.24. The Morgan fingerprint density at radius 2 is 2.11 bits per heavy atom. The summed E-state index contributed by atoms with van der Waals surface area (Å²) in [6, 6.07) is 3.43. The zero-order valence-corrected chi connectivity index (χ0v) is 11.3. The molecule has 0 aliphatic carbocycles. The van der Waals surface area contributed by atoms with Crippen LogP contribution in [0.3, 0.4) is 0 Å². The Bertz CT molecular complexity index is 593. The SMILES string of the molecule is Nc1nc2cc(F)c(Br)cc2n1C1CCOCC1. The average Bonchev–Trinajstić information content (AvgIpc) is 2.66. The van der Waals surface area contributed by atoms with Crippen LogP contribution in [0, 0.1) is 5.82 Å². The van der Waals surface area contributed by atoms with Gasteiger partial charge in [-0.05, 0) is 34.8 Å². The summed E-state index contributed by atoms with van der Waals surface area (Å²) < 4.78 is 21.2. The van der Waals surface area contributed by atoms with E-state index in [2.05, 4.69) is 20.9 Å². The number of hydrogen-bond acceptors (Lipinski definition) is 3. The monoisotopic (exact) mass is 313 g/mol. The fourth-order valence-electron chi connectivity index (χ4n) is 2.44. The molecule has 6 heteroatoms. The van der Waals surface area contributed by atoms with Gasteiger partial charge in [0.25, 0.3) is 0 Å². The van der Waals surface area contributed by atoms with Crippen LogP contribution < -0.4 is 5.73 Å². The molecule has 1 saturated heterocycles. The van der Waals surface area contributed by atoms with Crippen LogP contribution in [-0.4, -0.2) is 22.8 Å². The molecule has 0 amide bonds. The normalized spacial score (nSPS) is 17.4. The molecule has 1 aliphatic rings. The molecular formula is C12H13BrFN3O. The summed E-state index contributed by atoms with van der Waals surface area (Å²) in [6.45, 7) is 1.46. The van der Waals surface area contributed by atoms with Crippen molar-refractivity contribution in [2.24, 2.45) is 0 Å². The summed E-state index contributed by atoms with van der Waals surface area (Å²) in [6.07, 6.45) is 1.81. The standard InChI is InChI=1S/C12H13BrFN3O/c13-8-5-11-10(6-9(8)14)16-12(15)17(11)7-1-3-18-4-2-7/h5-7H,1-4H2,(H2,15,16). The van der Waals surface area contributed by atoms with Crippen LogP contribution >= 0.6 is 15.9 Å². The molecule has 0 unspecified atom stereocenters. The first-order chi connectivity index (χ1) is 8.66. The van der Waals surface area contributed by atoms with E-state index in [0.717, 1.165) is 31.6 Å². The topological polar surface area (TPSA) is 53.1 Å². The third kappa shape index (κ3) is 1.89. The van der Waals surface area contributed by atoms with Crippen molar-refractivity contribution in [1.82, 2.24) is 9.55 Å². The molecule has 1 aromatic carbocycles. The molecule has 1 aromatic heterocycles. The summed E-state index contributed by atoms with van der Waals surface area (Å²) >= 11 is 3.20. The van der Waals surface area contributed by atoms with E-state index in [1.54, 1.807) is 6.07 Å². The first-order valence-electron chi connectivity index (χ1n) is 5.87. The van der Waals surface area contributed by atoms with Gasteiger partial charge in [-0.15, -0.1) is 0 Å². The van der Waals surface area contributed by atoms with Crippen LogP contribution in [0.25, 0.3) is 11.0 Å². The number of nitrogens with two attached hydrogens (primary N) is 1. The van der Waals surface area contributed by atoms with Gasteiger partial charge in [0.15, 0.2) is 0 Å². The summed E-state index contributed by atoms with van der Waals surface area (Å²) in [4.78, 5) is 4.23. The second kappa shape index (κ2) is 4.51. The van der Waals surface area contributed by atoms with Gasteiger partial charge >= 0.3 is 0 Å². The van der Waals surface area contributed by atoms with Crippen molar-refractivity contribution < 1.29 is 9.13 Å². The molecule has 2 N–H and O–H groups in total. The third-order valence-electron chi connectivity index (χ3n) is 3.31. The van der Waals surface area contributed by atoms with E-state index in [1.807, 2.05) is 4.57 Å². The molecule has 2 aromatic rings. The average molecular weight is 314 g/mol. The highest BCUT2D eigenvalue weighted by molar-refractivity contribution is 9.10. The summed E-state index contributed by atoms with van der Waals surface area (Å²) in [5.74, 6) is 0.119. The van der Waals surface area contributed by atoms with Gasteiger partial charge in [-0.1, -0.05) is 0 Å². The van der Waals surface area contributed by atoms with Crippen molar-refractivity contribution in [3.8, 4) is 0 Å². The smallest absolute Gasteiger partial charge is 0.201 e. The molecule has 18 heavy (non-hydrogen) atoms. The summed E-state index contributed by atoms with van der Waals surface area (Å²) in [5.41, 5.74) is 7.42. The number of benzene rings is 1. The Morgan fingerprint density at radius 3 is 2.83 bits per heavy atom. The molecule has 0 bridgehead atoms. The van der Waals surface area contributed by atoms with Crippen LogP contribution in [0.1, 0.15) is 18.9 Å². The predicted octanol–water partition coefficient (Wildman–Crippen LogP) is 2.87. The lowest BCUT2D eigenvalue weighted by Crippen LogP contribution is -2.20. The maximum absolute atomic E-state index is 13.5. The van der Waals surface area contributed by atoms with Crippen LogP contribution in [0.15, 0.2) is 16.6 Å². The van der Waals surface area contributed by atoms with Crippen molar-refractivity contribution in [1.29, 1.82) is 0 Å². The van der Waals surface area contributed by atoms with E-state index in [1.165, 1.54) is 6.07 Å². The van der Waals surface area contributed by atoms with Crippen molar-refractivity contribution in [3.05, 3.63) is 22.4 Å². The van der Waals surface area contributed by atoms with Crippen molar-refractivity contribution in [2.75, 3.05) is 18.9 Å². The number of fused-ring (bicyclic) bond motifs is 1. The van der Waals surface area contributed by atoms with E-state index in [9.17, 15) is 4.39 Å². The van der Waals surface area contributed by atoms with Gasteiger partial charge in [0, 0.05) is 25.3 Å².